The van der Waals surface area contributed by atoms with Crippen LogP contribution in [0.1, 0.15) is 0 Å². The molecule has 1 rings (SSSR count). The number of benzene rings is 1. The lowest BCUT2D eigenvalue weighted by Crippen LogP contribution is -1.82. The Balaban J connectivity index is 0.000000490. The fourth-order valence-corrected chi connectivity index (χ4v) is 0.600. The molecule has 0 aliphatic rings. The monoisotopic (exact) mass is 144 g/mol. The van der Waals surface area contributed by atoms with Gasteiger partial charge in [0.2, 0.25) is 0 Å². The maximum Gasteiger partial charge on any atom is -0.00563 e. The van der Waals surface area contributed by atoms with Crippen molar-refractivity contribution in [2.24, 2.45) is 0 Å². The van der Waals surface area contributed by atoms with Crippen LogP contribution >= 0.6 is 21.6 Å². The Hall–Kier alpha value is -0.0600. The van der Waals surface area contributed by atoms with E-state index < -0.39 is 0 Å². The molecule has 0 atom stereocenters. The lowest BCUT2D eigenvalue weighted by atomic mass is 10.4. The fourth-order valence-electron chi connectivity index (χ4n) is 0.428. The molecule has 2 heteroatoms. The van der Waals surface area contributed by atoms with E-state index in [1.54, 1.807) is 0 Å². The minimum absolute atomic E-state index is 0. The molecule has 0 unspecified atom stereocenters. The van der Waals surface area contributed by atoms with Crippen molar-refractivity contribution in [3.05, 3.63) is 30.3 Å². The summed E-state index contributed by atoms with van der Waals surface area (Å²) >= 11 is 0. The zero-order valence-electron chi connectivity index (χ0n) is 4.24. The summed E-state index contributed by atoms with van der Waals surface area (Å²) in [6.45, 7) is 0. The van der Waals surface area contributed by atoms with Gasteiger partial charge in [0, 0.05) is 0 Å². The zero-order valence-corrected chi connectivity index (χ0v) is 5.95. The van der Waals surface area contributed by atoms with E-state index in [0.29, 0.717) is 0 Å². The van der Waals surface area contributed by atoms with E-state index in [-0.39, 0.29) is 12.4 Å². The highest BCUT2D eigenvalue weighted by Gasteiger charge is 1.73. The predicted octanol–water partition coefficient (Wildman–Crippen LogP) is 2.14. The molecule has 0 saturated carbocycles. The molecule has 1 aromatic carbocycles. The van der Waals surface area contributed by atoms with Gasteiger partial charge in [-0.05, 0) is 14.5 Å². The van der Waals surface area contributed by atoms with Crippen LogP contribution in [-0.4, -0.2) is 0 Å². The van der Waals surface area contributed by atoms with Crippen molar-refractivity contribution in [1.82, 2.24) is 0 Å². The fraction of sp³-hybridized carbons (Fsp3) is 0. The molecule has 8 heavy (non-hydrogen) atoms. The molecule has 0 aliphatic carbocycles. The van der Waals surface area contributed by atoms with Crippen molar-refractivity contribution in [3.63, 3.8) is 0 Å². The Labute approximate surface area is 57.9 Å². The normalized spacial score (nSPS) is 7.62. The largest absolute Gasteiger partial charge is 0.147 e. The molecule has 0 aliphatic heterocycles. The highest BCUT2D eigenvalue weighted by Crippen LogP contribution is 1.86. The van der Waals surface area contributed by atoms with Gasteiger partial charge in [0.05, 0.1) is 0 Å². The maximum absolute atomic E-state index is 4.08. The van der Waals surface area contributed by atoms with Crippen LogP contribution in [0.15, 0.2) is 30.3 Å². The minimum Gasteiger partial charge on any atom is -0.147 e. The lowest BCUT2D eigenvalue weighted by molar-refractivity contribution is 1.78. The van der Waals surface area contributed by atoms with Crippen LogP contribution in [0.4, 0.5) is 0 Å². The molecule has 0 aromatic heterocycles. The average Bonchev–Trinajstić information content (AvgIpc) is 1.69. The summed E-state index contributed by atoms with van der Waals surface area (Å²) in [7, 11) is 4.08. The highest BCUT2D eigenvalue weighted by molar-refractivity contribution is 7.27. The molecule has 0 spiro atoms. The van der Waals surface area contributed by atoms with Gasteiger partial charge in [-0.25, -0.2) is 0 Å². The summed E-state index contributed by atoms with van der Waals surface area (Å²) < 4.78 is 0. The van der Waals surface area contributed by atoms with Crippen LogP contribution in [-0.2, 0) is 0 Å². The summed E-state index contributed by atoms with van der Waals surface area (Å²) in [6, 6.07) is 9.79. The van der Waals surface area contributed by atoms with Crippen LogP contribution < -0.4 is 5.30 Å². The van der Waals surface area contributed by atoms with Gasteiger partial charge in [-0.2, -0.15) is 0 Å². The smallest absolute Gasteiger partial charge is 0.00563 e. The summed E-state index contributed by atoms with van der Waals surface area (Å²) in [6.07, 6.45) is 0. The number of rotatable bonds is 0. The van der Waals surface area contributed by atoms with E-state index in [1.807, 2.05) is 30.3 Å². The molecule has 1 aromatic rings. The summed E-state index contributed by atoms with van der Waals surface area (Å²) in [4.78, 5) is 0. The maximum atomic E-state index is 4.08. The van der Waals surface area contributed by atoms with Gasteiger partial charge < -0.3 is 0 Å². The quantitative estimate of drug-likeness (QED) is 0.490. The van der Waals surface area contributed by atoms with E-state index in [9.17, 15) is 0 Å². The molecule has 2 radical (unpaired) electrons. The highest BCUT2D eigenvalue weighted by atomic mass is 35.5. The Morgan fingerprint density at radius 1 is 1.00 bits per heavy atom. The van der Waals surface area contributed by atoms with Gasteiger partial charge in [-0.1, -0.05) is 30.3 Å². The Morgan fingerprint density at radius 2 is 1.50 bits per heavy atom. The molecule has 0 fully saturated rings. The number of halogens is 1. The van der Waals surface area contributed by atoms with E-state index in [0.717, 1.165) is 5.30 Å². The Bertz CT molecular complexity index is 138. The van der Waals surface area contributed by atoms with Gasteiger partial charge in [-0.3, -0.25) is 0 Å². The van der Waals surface area contributed by atoms with Crippen molar-refractivity contribution in [2.75, 3.05) is 0 Å². The third-order valence-electron chi connectivity index (χ3n) is 0.756. The topological polar surface area (TPSA) is 0 Å². The van der Waals surface area contributed by atoms with Crippen LogP contribution in [0, 0.1) is 0 Å². The first-order valence-corrected chi connectivity index (χ1v) is 2.58. The summed E-state index contributed by atoms with van der Waals surface area (Å²) in [5.41, 5.74) is 0. The van der Waals surface area contributed by atoms with Gasteiger partial charge in [-0.15, -0.1) is 12.4 Å². The van der Waals surface area contributed by atoms with Crippen LogP contribution in [0.25, 0.3) is 0 Å². The second kappa shape index (κ2) is 3.88. The Kier molecular flexibility index (Phi) is 3.85. The van der Waals surface area contributed by atoms with E-state index in [1.165, 1.54) is 0 Å². The second-order valence-electron chi connectivity index (χ2n) is 1.34. The van der Waals surface area contributed by atoms with Crippen LogP contribution in [0.2, 0.25) is 0 Å². The molecule has 0 amide bonds. The summed E-state index contributed by atoms with van der Waals surface area (Å²) in [5, 5.41) is 1.02. The lowest BCUT2D eigenvalue weighted by Gasteiger charge is -1.81. The second-order valence-corrected chi connectivity index (χ2v) is 1.85. The van der Waals surface area contributed by atoms with Crippen molar-refractivity contribution in [1.29, 1.82) is 0 Å². The molecular weight excluding hydrogens is 138 g/mol. The SMILES string of the molecule is Cl.[P]c1ccccc1. The molecular formula is C6H6ClP. The van der Waals surface area contributed by atoms with Crippen LogP contribution in [0.3, 0.4) is 0 Å². The first-order chi connectivity index (χ1) is 3.39. The van der Waals surface area contributed by atoms with E-state index >= 15 is 0 Å². The Morgan fingerprint density at radius 3 is 1.75 bits per heavy atom. The van der Waals surface area contributed by atoms with Crippen molar-refractivity contribution < 1.29 is 0 Å². The van der Waals surface area contributed by atoms with Crippen LogP contribution in [0.5, 0.6) is 0 Å². The third kappa shape index (κ3) is 2.30. The van der Waals surface area contributed by atoms with Gasteiger partial charge >= 0.3 is 0 Å². The number of hydrogen-bond acceptors (Lipinski definition) is 0. The third-order valence-corrected chi connectivity index (χ3v) is 1.05. The molecule has 0 bridgehead atoms. The average molecular weight is 145 g/mol. The number of hydrogen-bond donors (Lipinski definition) is 0. The van der Waals surface area contributed by atoms with E-state index in [2.05, 4.69) is 9.24 Å². The summed E-state index contributed by atoms with van der Waals surface area (Å²) in [5.74, 6) is 0. The first-order valence-electron chi connectivity index (χ1n) is 2.13. The van der Waals surface area contributed by atoms with Gasteiger partial charge in [0.1, 0.15) is 0 Å². The molecule has 0 N–H and O–H groups in total. The van der Waals surface area contributed by atoms with Crippen molar-refractivity contribution in [3.8, 4) is 0 Å². The van der Waals surface area contributed by atoms with Crippen molar-refractivity contribution in [2.45, 2.75) is 0 Å². The minimum atomic E-state index is 0. The molecule has 0 saturated heterocycles. The molecule has 0 heterocycles. The predicted molar refractivity (Wildman–Crippen MR) is 40.2 cm³/mol. The van der Waals surface area contributed by atoms with Gasteiger partial charge in [0.25, 0.3) is 0 Å². The molecule has 42 valence electrons. The van der Waals surface area contributed by atoms with E-state index in [4.69, 9.17) is 0 Å². The molecule has 0 nitrogen and oxygen atoms in total. The van der Waals surface area contributed by atoms with Crippen molar-refractivity contribution >= 4 is 27.0 Å². The standard InChI is InChI=1S/C6H5P.ClH/c7-6-4-2-1-3-5-6;/h1-5H;1H. The van der Waals surface area contributed by atoms with Gasteiger partial charge in [0.15, 0.2) is 0 Å². The first kappa shape index (κ1) is 7.94. The zero-order chi connectivity index (χ0) is 5.11.